The lowest BCUT2D eigenvalue weighted by Gasteiger charge is -2.20. The number of halogens is 1. The third-order valence-electron chi connectivity index (χ3n) is 4.85. The first-order chi connectivity index (χ1) is 12.8. The van der Waals surface area contributed by atoms with Gasteiger partial charge in [-0.15, -0.1) is 0 Å². The van der Waals surface area contributed by atoms with Crippen LogP contribution in [0, 0.1) is 0 Å². The molecule has 0 unspecified atom stereocenters. The molecule has 136 valence electrons. The van der Waals surface area contributed by atoms with Crippen molar-refractivity contribution in [3.05, 3.63) is 53.3 Å². The van der Waals surface area contributed by atoms with E-state index in [1.165, 1.54) is 0 Å². The van der Waals surface area contributed by atoms with Crippen LogP contribution in [-0.2, 0) is 6.54 Å². The van der Waals surface area contributed by atoms with Gasteiger partial charge in [0.25, 0.3) is 0 Å². The average molecular weight is 371 g/mol. The fourth-order valence-electron chi connectivity index (χ4n) is 3.55. The number of pyridine rings is 1. The number of aromatic nitrogens is 2. The van der Waals surface area contributed by atoms with Gasteiger partial charge in [0.1, 0.15) is 11.4 Å². The van der Waals surface area contributed by atoms with E-state index in [0.717, 1.165) is 67.5 Å². The van der Waals surface area contributed by atoms with E-state index in [0.29, 0.717) is 5.02 Å². The number of rotatable bonds is 4. The van der Waals surface area contributed by atoms with Gasteiger partial charge in [-0.05, 0) is 43.8 Å². The molecule has 0 radical (unpaired) electrons. The second-order valence-corrected chi connectivity index (χ2v) is 7.00. The Balaban J connectivity index is 1.83. The van der Waals surface area contributed by atoms with Gasteiger partial charge in [-0.2, -0.15) is 0 Å². The Labute approximate surface area is 158 Å². The average Bonchev–Trinajstić information content (AvgIpc) is 2.83. The Morgan fingerprint density at radius 2 is 2.04 bits per heavy atom. The minimum atomic E-state index is 0.709. The van der Waals surface area contributed by atoms with Crippen LogP contribution >= 0.6 is 11.6 Å². The number of nitrogens with zero attached hydrogens (tertiary/aromatic N) is 3. The van der Waals surface area contributed by atoms with E-state index in [2.05, 4.69) is 20.7 Å². The number of hydrogen-bond donors (Lipinski definition) is 1. The van der Waals surface area contributed by atoms with Crippen LogP contribution in [-0.4, -0.2) is 47.6 Å². The van der Waals surface area contributed by atoms with Gasteiger partial charge in [0.2, 0.25) is 0 Å². The number of benzene rings is 1. The summed E-state index contributed by atoms with van der Waals surface area (Å²) < 4.78 is 7.70. The van der Waals surface area contributed by atoms with E-state index in [9.17, 15) is 0 Å². The zero-order chi connectivity index (χ0) is 17.9. The van der Waals surface area contributed by atoms with Crippen LogP contribution in [0.4, 0.5) is 0 Å². The molecule has 3 heterocycles. The van der Waals surface area contributed by atoms with Crippen molar-refractivity contribution in [1.82, 2.24) is 19.6 Å². The Bertz CT molecular complexity index is 900. The van der Waals surface area contributed by atoms with E-state index in [-0.39, 0.29) is 0 Å². The molecular weight excluding hydrogens is 348 g/mol. The van der Waals surface area contributed by atoms with Crippen LogP contribution in [0.25, 0.3) is 16.9 Å². The first kappa shape index (κ1) is 17.3. The monoisotopic (exact) mass is 370 g/mol. The van der Waals surface area contributed by atoms with E-state index in [1.807, 2.05) is 36.5 Å². The maximum absolute atomic E-state index is 6.28. The van der Waals surface area contributed by atoms with Gasteiger partial charge in [0.05, 0.1) is 23.5 Å². The van der Waals surface area contributed by atoms with Crippen molar-refractivity contribution in [3.8, 4) is 17.0 Å². The summed E-state index contributed by atoms with van der Waals surface area (Å²) >= 11 is 6.28. The summed E-state index contributed by atoms with van der Waals surface area (Å²) in [6.07, 6.45) is 3.11. The minimum absolute atomic E-state index is 0.709. The molecule has 1 N–H and O–H groups in total. The summed E-state index contributed by atoms with van der Waals surface area (Å²) in [5, 5.41) is 4.17. The number of para-hydroxylation sites is 1. The number of ether oxygens (including phenoxy) is 1. The Morgan fingerprint density at radius 1 is 1.15 bits per heavy atom. The minimum Gasteiger partial charge on any atom is -0.496 e. The highest BCUT2D eigenvalue weighted by molar-refractivity contribution is 6.30. The quantitative estimate of drug-likeness (QED) is 0.763. The lowest BCUT2D eigenvalue weighted by Crippen LogP contribution is -2.28. The summed E-state index contributed by atoms with van der Waals surface area (Å²) in [7, 11) is 1.70. The lowest BCUT2D eigenvalue weighted by molar-refractivity contribution is 0.280. The molecule has 0 atom stereocenters. The Morgan fingerprint density at radius 3 is 2.92 bits per heavy atom. The van der Waals surface area contributed by atoms with E-state index >= 15 is 0 Å². The molecule has 1 saturated heterocycles. The highest BCUT2D eigenvalue weighted by Crippen LogP contribution is 2.33. The zero-order valence-corrected chi connectivity index (χ0v) is 15.7. The largest absolute Gasteiger partial charge is 0.496 e. The fourth-order valence-corrected chi connectivity index (χ4v) is 3.71. The SMILES string of the molecule is COc1ccccc1-c1nc2ccc(Cl)cn2c1CN1CCCNCC1. The molecular formula is C20H23ClN4O. The topological polar surface area (TPSA) is 41.8 Å². The van der Waals surface area contributed by atoms with Gasteiger partial charge in [-0.3, -0.25) is 4.90 Å². The summed E-state index contributed by atoms with van der Waals surface area (Å²) in [6.45, 7) is 5.03. The third-order valence-corrected chi connectivity index (χ3v) is 5.07. The van der Waals surface area contributed by atoms with Crippen molar-refractivity contribution in [1.29, 1.82) is 0 Å². The molecule has 6 heteroatoms. The second kappa shape index (κ2) is 7.66. The van der Waals surface area contributed by atoms with Crippen LogP contribution in [0.3, 0.4) is 0 Å². The fraction of sp³-hybridized carbons (Fsp3) is 0.350. The Hall–Kier alpha value is -2.08. The number of hydrogen-bond acceptors (Lipinski definition) is 4. The summed E-state index contributed by atoms with van der Waals surface area (Å²) in [4.78, 5) is 7.38. The molecule has 4 rings (SSSR count). The van der Waals surface area contributed by atoms with Crippen molar-refractivity contribution >= 4 is 17.2 Å². The maximum atomic E-state index is 6.28. The highest BCUT2D eigenvalue weighted by atomic mass is 35.5. The van der Waals surface area contributed by atoms with Crippen molar-refractivity contribution in [2.45, 2.75) is 13.0 Å². The van der Waals surface area contributed by atoms with E-state index < -0.39 is 0 Å². The molecule has 2 aromatic heterocycles. The molecule has 3 aromatic rings. The summed E-state index contributed by atoms with van der Waals surface area (Å²) in [5.74, 6) is 0.834. The molecule has 1 fully saturated rings. The molecule has 26 heavy (non-hydrogen) atoms. The van der Waals surface area contributed by atoms with Crippen LogP contribution in [0.2, 0.25) is 5.02 Å². The molecule has 0 saturated carbocycles. The first-order valence-electron chi connectivity index (χ1n) is 8.99. The van der Waals surface area contributed by atoms with Crippen LogP contribution in [0.5, 0.6) is 5.75 Å². The van der Waals surface area contributed by atoms with Crippen molar-refractivity contribution in [3.63, 3.8) is 0 Å². The molecule has 0 aliphatic carbocycles. The van der Waals surface area contributed by atoms with Gasteiger partial charge < -0.3 is 14.5 Å². The molecule has 1 aromatic carbocycles. The van der Waals surface area contributed by atoms with Gasteiger partial charge in [-0.1, -0.05) is 23.7 Å². The maximum Gasteiger partial charge on any atom is 0.137 e. The van der Waals surface area contributed by atoms with Crippen LogP contribution in [0.1, 0.15) is 12.1 Å². The van der Waals surface area contributed by atoms with Gasteiger partial charge in [0, 0.05) is 31.4 Å². The molecule has 1 aliphatic rings. The van der Waals surface area contributed by atoms with Gasteiger partial charge in [0.15, 0.2) is 0 Å². The number of fused-ring (bicyclic) bond motifs is 1. The van der Waals surface area contributed by atoms with E-state index in [4.69, 9.17) is 21.3 Å². The Kier molecular flexibility index (Phi) is 5.11. The van der Waals surface area contributed by atoms with Gasteiger partial charge in [-0.25, -0.2) is 4.98 Å². The first-order valence-corrected chi connectivity index (χ1v) is 9.37. The molecule has 1 aliphatic heterocycles. The number of imidazole rings is 1. The molecule has 0 amide bonds. The van der Waals surface area contributed by atoms with Crippen molar-refractivity contribution in [2.75, 3.05) is 33.3 Å². The standard InChI is InChI=1S/C20H23ClN4O/c1-26-18-6-3-2-5-16(18)20-17(14-24-11-4-9-22-10-12-24)25-13-15(21)7-8-19(25)23-20/h2-3,5-8,13,22H,4,9-12,14H2,1H3. The normalized spacial score (nSPS) is 15.9. The molecule has 5 nitrogen and oxygen atoms in total. The number of nitrogens with one attached hydrogen (secondary N) is 1. The van der Waals surface area contributed by atoms with Crippen LogP contribution < -0.4 is 10.1 Å². The third kappa shape index (κ3) is 3.43. The second-order valence-electron chi connectivity index (χ2n) is 6.56. The van der Waals surface area contributed by atoms with E-state index in [1.54, 1.807) is 7.11 Å². The van der Waals surface area contributed by atoms with Crippen molar-refractivity contribution in [2.24, 2.45) is 0 Å². The highest BCUT2D eigenvalue weighted by Gasteiger charge is 2.20. The van der Waals surface area contributed by atoms with Crippen molar-refractivity contribution < 1.29 is 4.74 Å². The molecule has 0 spiro atoms. The predicted octanol–water partition coefficient (Wildman–Crippen LogP) is 3.46. The summed E-state index contributed by atoms with van der Waals surface area (Å²) in [6, 6.07) is 11.9. The predicted molar refractivity (Wildman–Crippen MR) is 105 cm³/mol. The lowest BCUT2D eigenvalue weighted by atomic mass is 10.1. The zero-order valence-electron chi connectivity index (χ0n) is 14.9. The van der Waals surface area contributed by atoms with Crippen LogP contribution in [0.15, 0.2) is 42.6 Å². The molecule has 0 bridgehead atoms. The number of methoxy groups -OCH3 is 1. The summed E-state index contributed by atoms with van der Waals surface area (Å²) in [5.41, 5.74) is 4.02. The van der Waals surface area contributed by atoms with Gasteiger partial charge >= 0.3 is 0 Å². The smallest absolute Gasteiger partial charge is 0.137 e.